The van der Waals surface area contributed by atoms with E-state index in [9.17, 15) is 4.79 Å². The quantitative estimate of drug-likeness (QED) is 0.282. The summed E-state index contributed by atoms with van der Waals surface area (Å²) in [5.74, 6) is 1.03. The molecule has 0 fully saturated rings. The highest BCUT2D eigenvalue weighted by Crippen LogP contribution is 2.36. The molecule has 1 aromatic heterocycles. The van der Waals surface area contributed by atoms with Gasteiger partial charge in [0.15, 0.2) is 0 Å². The van der Waals surface area contributed by atoms with E-state index < -0.39 is 0 Å². The number of anilines is 1. The molecule has 0 N–H and O–H groups in total. The molecule has 0 radical (unpaired) electrons. The summed E-state index contributed by atoms with van der Waals surface area (Å²) in [6.07, 6.45) is 3.65. The van der Waals surface area contributed by atoms with Gasteiger partial charge in [-0.3, -0.25) is 9.69 Å². The number of hydrogen-bond acceptors (Lipinski definition) is 2. The smallest absolute Gasteiger partial charge is 0.263 e. The Morgan fingerprint density at radius 1 is 0.879 bits per heavy atom. The topological polar surface area (TPSA) is 33.5 Å². The number of carbonyl (C=O) groups excluding carboxylic acids is 1. The zero-order chi connectivity index (χ0) is 22.9. The number of benzene rings is 3. The minimum absolute atomic E-state index is 0.114. The van der Waals surface area contributed by atoms with Gasteiger partial charge in [0.25, 0.3) is 5.91 Å². The summed E-state index contributed by atoms with van der Waals surface area (Å²) in [4.78, 5) is 15.2. The number of furan rings is 1. The molecule has 0 spiro atoms. The molecule has 33 heavy (non-hydrogen) atoms. The number of carbonyl (C=O) groups is 1. The Balaban J connectivity index is 1.55. The lowest BCUT2D eigenvalue weighted by Crippen LogP contribution is -2.24. The summed E-state index contributed by atoms with van der Waals surface area (Å²) in [5.41, 5.74) is 4.96. The summed E-state index contributed by atoms with van der Waals surface area (Å²) < 4.78 is 5.99. The maximum Gasteiger partial charge on any atom is 0.263 e. The van der Waals surface area contributed by atoms with Gasteiger partial charge in [0.05, 0.1) is 10.7 Å². The van der Waals surface area contributed by atoms with E-state index >= 15 is 0 Å². The number of hydrogen-bond donors (Lipinski definition) is 0. The van der Waals surface area contributed by atoms with Crippen LogP contribution in [0.15, 0.2) is 101 Å². The first-order valence-electron chi connectivity index (χ1n) is 10.4. The average molecular weight is 472 g/mol. The molecular formula is C28H19Cl2NO2. The van der Waals surface area contributed by atoms with E-state index in [2.05, 4.69) is 0 Å². The van der Waals surface area contributed by atoms with Gasteiger partial charge in [-0.05, 0) is 67.1 Å². The summed E-state index contributed by atoms with van der Waals surface area (Å²) in [7, 11) is 0. The van der Waals surface area contributed by atoms with Gasteiger partial charge in [-0.1, -0.05) is 71.2 Å². The fourth-order valence-electron chi connectivity index (χ4n) is 3.80. The van der Waals surface area contributed by atoms with Crippen LogP contribution < -0.4 is 4.90 Å². The molecular weight excluding hydrogens is 453 g/mol. The molecule has 0 bridgehead atoms. The van der Waals surface area contributed by atoms with Crippen molar-refractivity contribution in [2.24, 2.45) is 0 Å². The van der Waals surface area contributed by atoms with E-state index in [1.54, 1.807) is 29.2 Å². The second-order valence-corrected chi connectivity index (χ2v) is 8.64. The number of halogens is 2. The van der Waals surface area contributed by atoms with Crippen LogP contribution in [0.4, 0.5) is 5.69 Å². The number of rotatable bonds is 4. The zero-order valence-electron chi connectivity index (χ0n) is 17.8. The SMILES string of the molecule is Cc1ccc(N2C(=O)/C(=C/c3ccc(-c4cc(Cl)ccc4Cl)o3)C=C2c2ccccc2)cc1. The predicted octanol–water partition coefficient (Wildman–Crippen LogP) is 8.03. The third kappa shape index (κ3) is 4.25. The molecule has 162 valence electrons. The summed E-state index contributed by atoms with van der Waals surface area (Å²) in [6, 6.07) is 26.6. The summed E-state index contributed by atoms with van der Waals surface area (Å²) >= 11 is 12.4. The lowest BCUT2D eigenvalue weighted by atomic mass is 10.1. The van der Waals surface area contributed by atoms with Crippen molar-refractivity contribution in [1.82, 2.24) is 0 Å². The molecule has 0 aliphatic carbocycles. The van der Waals surface area contributed by atoms with Crippen molar-refractivity contribution in [3.63, 3.8) is 0 Å². The predicted molar refractivity (Wildman–Crippen MR) is 135 cm³/mol. The minimum Gasteiger partial charge on any atom is -0.457 e. The molecule has 3 nitrogen and oxygen atoms in total. The van der Waals surface area contributed by atoms with Crippen LogP contribution in [0.25, 0.3) is 23.1 Å². The summed E-state index contributed by atoms with van der Waals surface area (Å²) in [5, 5.41) is 1.11. The molecule has 5 rings (SSSR count). The standard InChI is InChI=1S/C28H19Cl2NO2/c1-18-7-10-22(11-8-18)31-26(19-5-3-2-4-6-19)16-20(28(31)32)15-23-12-14-27(33-23)24-17-21(29)9-13-25(24)30/h2-17H,1H3/b20-15+. The Labute approximate surface area is 202 Å². The van der Waals surface area contributed by atoms with Crippen molar-refractivity contribution >= 4 is 46.6 Å². The largest absolute Gasteiger partial charge is 0.457 e. The van der Waals surface area contributed by atoms with Gasteiger partial charge in [-0.25, -0.2) is 0 Å². The average Bonchev–Trinajstić information content (AvgIpc) is 3.42. The molecule has 2 heterocycles. The third-order valence-electron chi connectivity index (χ3n) is 5.46. The van der Waals surface area contributed by atoms with Crippen LogP contribution in [0, 0.1) is 6.92 Å². The molecule has 0 unspecified atom stereocenters. The molecule has 4 aromatic rings. The Hall–Kier alpha value is -3.53. The number of aryl methyl sites for hydroxylation is 1. The zero-order valence-corrected chi connectivity index (χ0v) is 19.3. The minimum atomic E-state index is -0.114. The van der Waals surface area contributed by atoms with Crippen LogP contribution in [0.5, 0.6) is 0 Å². The molecule has 0 saturated carbocycles. The first-order valence-corrected chi connectivity index (χ1v) is 11.2. The molecule has 1 amide bonds. The number of nitrogens with zero attached hydrogens (tertiary/aromatic N) is 1. The van der Waals surface area contributed by atoms with Gasteiger partial charge in [0, 0.05) is 21.8 Å². The van der Waals surface area contributed by atoms with E-state index in [0.29, 0.717) is 32.7 Å². The van der Waals surface area contributed by atoms with Gasteiger partial charge in [-0.2, -0.15) is 0 Å². The lowest BCUT2D eigenvalue weighted by Gasteiger charge is -2.21. The van der Waals surface area contributed by atoms with Crippen LogP contribution in [-0.2, 0) is 4.79 Å². The monoisotopic (exact) mass is 471 g/mol. The fraction of sp³-hybridized carbons (Fsp3) is 0.0357. The Bertz CT molecular complexity index is 1400. The first kappa shape index (κ1) is 21.3. The van der Waals surface area contributed by atoms with Crippen molar-refractivity contribution < 1.29 is 9.21 Å². The van der Waals surface area contributed by atoms with Gasteiger partial charge in [-0.15, -0.1) is 0 Å². The second kappa shape index (κ2) is 8.78. The highest BCUT2D eigenvalue weighted by atomic mass is 35.5. The number of amides is 1. The highest BCUT2D eigenvalue weighted by molar-refractivity contribution is 6.35. The second-order valence-electron chi connectivity index (χ2n) is 7.80. The van der Waals surface area contributed by atoms with E-state index in [1.165, 1.54) is 0 Å². The van der Waals surface area contributed by atoms with Gasteiger partial charge in [0.2, 0.25) is 0 Å². The normalized spacial score (nSPS) is 14.8. The lowest BCUT2D eigenvalue weighted by molar-refractivity contribution is -0.113. The first-order chi connectivity index (χ1) is 16.0. The maximum atomic E-state index is 13.5. The Kier molecular flexibility index (Phi) is 5.67. The molecule has 1 aliphatic rings. The van der Waals surface area contributed by atoms with E-state index in [4.69, 9.17) is 27.6 Å². The Morgan fingerprint density at radius 3 is 2.39 bits per heavy atom. The van der Waals surface area contributed by atoms with Crippen LogP contribution in [0.1, 0.15) is 16.9 Å². The van der Waals surface area contributed by atoms with Gasteiger partial charge in [0.1, 0.15) is 11.5 Å². The fourth-order valence-corrected chi connectivity index (χ4v) is 4.18. The molecule has 0 atom stereocenters. The Morgan fingerprint density at radius 2 is 1.64 bits per heavy atom. The van der Waals surface area contributed by atoms with Crippen molar-refractivity contribution in [1.29, 1.82) is 0 Å². The van der Waals surface area contributed by atoms with Crippen LogP contribution in [0.3, 0.4) is 0 Å². The van der Waals surface area contributed by atoms with Crippen molar-refractivity contribution in [3.05, 3.63) is 124 Å². The van der Waals surface area contributed by atoms with E-state index in [-0.39, 0.29) is 5.91 Å². The van der Waals surface area contributed by atoms with Gasteiger partial charge >= 0.3 is 0 Å². The molecule has 0 saturated heterocycles. The molecule has 1 aliphatic heterocycles. The molecule has 3 aromatic carbocycles. The van der Waals surface area contributed by atoms with Gasteiger partial charge < -0.3 is 4.42 Å². The van der Waals surface area contributed by atoms with E-state index in [0.717, 1.165) is 22.5 Å². The van der Waals surface area contributed by atoms with Crippen molar-refractivity contribution in [2.45, 2.75) is 6.92 Å². The van der Waals surface area contributed by atoms with Crippen LogP contribution in [0.2, 0.25) is 10.0 Å². The molecule has 5 heteroatoms. The maximum absolute atomic E-state index is 13.5. The van der Waals surface area contributed by atoms with E-state index in [1.807, 2.05) is 79.7 Å². The summed E-state index contributed by atoms with van der Waals surface area (Å²) in [6.45, 7) is 2.02. The van der Waals surface area contributed by atoms with Crippen LogP contribution >= 0.6 is 23.2 Å². The van der Waals surface area contributed by atoms with Crippen molar-refractivity contribution in [2.75, 3.05) is 4.90 Å². The highest BCUT2D eigenvalue weighted by Gasteiger charge is 2.30. The van der Waals surface area contributed by atoms with Crippen LogP contribution in [-0.4, -0.2) is 5.91 Å². The van der Waals surface area contributed by atoms with Crippen molar-refractivity contribution in [3.8, 4) is 11.3 Å². The third-order valence-corrected chi connectivity index (χ3v) is 6.03.